The monoisotopic (exact) mass is 277 g/mol. The van der Waals surface area contributed by atoms with Crippen molar-refractivity contribution in [2.24, 2.45) is 5.92 Å². The minimum absolute atomic E-state index is 0.721. The molecule has 0 radical (unpaired) electrons. The van der Waals surface area contributed by atoms with E-state index < -0.39 is 0 Å². The van der Waals surface area contributed by atoms with E-state index in [0.717, 1.165) is 24.3 Å². The summed E-state index contributed by atoms with van der Waals surface area (Å²) in [5, 5.41) is 3.72. The maximum atomic E-state index is 3.72. The van der Waals surface area contributed by atoms with Gasteiger partial charge in [0.25, 0.3) is 0 Å². The zero-order chi connectivity index (χ0) is 13.3. The predicted octanol–water partition coefficient (Wildman–Crippen LogP) is 4.48. The molecule has 0 amide bonds. The molecule has 1 aromatic rings. The van der Waals surface area contributed by atoms with Crippen molar-refractivity contribution in [1.82, 2.24) is 5.32 Å². The standard InChI is InChI=1S/C17H27NS/c1-2-18-17(16-11-7-4-8-12-16)14-19-13-15-9-5-3-6-10-15/h3,5-6,9-10,16-18H,2,4,7-8,11-14H2,1H3. The van der Waals surface area contributed by atoms with Gasteiger partial charge in [0.15, 0.2) is 0 Å². The van der Waals surface area contributed by atoms with Crippen LogP contribution in [0.1, 0.15) is 44.6 Å². The van der Waals surface area contributed by atoms with Crippen LogP contribution in [0.4, 0.5) is 0 Å². The Morgan fingerprint density at radius 3 is 2.58 bits per heavy atom. The van der Waals surface area contributed by atoms with Gasteiger partial charge in [-0.2, -0.15) is 11.8 Å². The topological polar surface area (TPSA) is 12.0 Å². The molecule has 2 rings (SSSR count). The van der Waals surface area contributed by atoms with E-state index in [4.69, 9.17) is 0 Å². The van der Waals surface area contributed by atoms with Gasteiger partial charge < -0.3 is 5.32 Å². The second kappa shape index (κ2) is 8.65. The Bertz CT molecular complexity index is 332. The van der Waals surface area contributed by atoms with Gasteiger partial charge >= 0.3 is 0 Å². The molecule has 0 spiro atoms. The molecule has 106 valence electrons. The fourth-order valence-electron chi connectivity index (χ4n) is 3.04. The quantitative estimate of drug-likeness (QED) is 0.788. The lowest BCUT2D eigenvalue weighted by atomic mass is 9.84. The van der Waals surface area contributed by atoms with Crippen molar-refractivity contribution < 1.29 is 0 Å². The van der Waals surface area contributed by atoms with Gasteiger partial charge in [-0.05, 0) is 30.9 Å². The van der Waals surface area contributed by atoms with Crippen molar-refractivity contribution in [1.29, 1.82) is 0 Å². The molecule has 0 bridgehead atoms. The summed E-state index contributed by atoms with van der Waals surface area (Å²) in [5.74, 6) is 3.32. The van der Waals surface area contributed by atoms with Crippen LogP contribution in [0, 0.1) is 5.92 Å². The van der Waals surface area contributed by atoms with Crippen molar-refractivity contribution >= 4 is 11.8 Å². The Balaban J connectivity index is 1.76. The number of nitrogens with one attached hydrogen (secondary N) is 1. The number of thioether (sulfide) groups is 1. The third kappa shape index (κ3) is 5.19. The Labute approximate surface area is 122 Å². The number of rotatable bonds is 7. The molecule has 19 heavy (non-hydrogen) atoms. The summed E-state index contributed by atoms with van der Waals surface area (Å²) in [4.78, 5) is 0. The highest BCUT2D eigenvalue weighted by molar-refractivity contribution is 7.98. The summed E-state index contributed by atoms with van der Waals surface area (Å²) in [6, 6.07) is 11.6. The Kier molecular flexibility index (Phi) is 6.80. The fourth-order valence-corrected chi connectivity index (χ4v) is 4.23. The molecule has 0 aromatic heterocycles. The molecule has 1 N–H and O–H groups in total. The minimum Gasteiger partial charge on any atom is -0.313 e. The van der Waals surface area contributed by atoms with Gasteiger partial charge in [0.05, 0.1) is 0 Å². The number of benzene rings is 1. The molecule has 0 heterocycles. The first-order valence-electron chi connectivity index (χ1n) is 7.75. The summed E-state index contributed by atoms with van der Waals surface area (Å²) in [6.07, 6.45) is 7.20. The lowest BCUT2D eigenvalue weighted by Gasteiger charge is -2.30. The molecule has 1 aliphatic carbocycles. The molecule has 1 fully saturated rings. The first-order valence-corrected chi connectivity index (χ1v) is 8.90. The fraction of sp³-hybridized carbons (Fsp3) is 0.647. The largest absolute Gasteiger partial charge is 0.313 e. The zero-order valence-corrected chi connectivity index (χ0v) is 12.9. The highest BCUT2D eigenvalue weighted by atomic mass is 32.2. The van der Waals surface area contributed by atoms with Crippen LogP contribution < -0.4 is 5.32 Å². The second-order valence-electron chi connectivity index (χ2n) is 5.56. The van der Waals surface area contributed by atoms with Crippen molar-refractivity contribution in [3.63, 3.8) is 0 Å². The first kappa shape index (κ1) is 14.9. The molecular formula is C17H27NS. The molecule has 2 heteroatoms. The number of hydrogen-bond acceptors (Lipinski definition) is 2. The summed E-state index contributed by atoms with van der Waals surface area (Å²) in [5.41, 5.74) is 1.45. The molecule has 1 aliphatic rings. The average molecular weight is 277 g/mol. The SMILES string of the molecule is CCNC(CSCc1ccccc1)C1CCCCC1. The van der Waals surface area contributed by atoms with E-state index in [-0.39, 0.29) is 0 Å². The highest BCUT2D eigenvalue weighted by Crippen LogP contribution is 2.28. The van der Waals surface area contributed by atoms with Gasteiger partial charge in [-0.15, -0.1) is 0 Å². The molecule has 1 unspecified atom stereocenters. The molecule has 1 atom stereocenters. The Morgan fingerprint density at radius 2 is 1.89 bits per heavy atom. The van der Waals surface area contributed by atoms with Gasteiger partial charge in [-0.25, -0.2) is 0 Å². The average Bonchev–Trinajstić information content (AvgIpc) is 2.48. The van der Waals surface area contributed by atoms with E-state index in [2.05, 4.69) is 54.3 Å². The molecule has 1 saturated carbocycles. The minimum atomic E-state index is 0.721. The Morgan fingerprint density at radius 1 is 1.16 bits per heavy atom. The van der Waals surface area contributed by atoms with E-state index in [1.807, 2.05) is 0 Å². The van der Waals surface area contributed by atoms with Gasteiger partial charge in [0.1, 0.15) is 0 Å². The Hall–Kier alpha value is -0.470. The van der Waals surface area contributed by atoms with Crippen LogP contribution in [-0.4, -0.2) is 18.3 Å². The van der Waals surface area contributed by atoms with Crippen LogP contribution >= 0.6 is 11.8 Å². The van der Waals surface area contributed by atoms with E-state index >= 15 is 0 Å². The first-order chi connectivity index (χ1) is 9.40. The van der Waals surface area contributed by atoms with Crippen molar-refractivity contribution in [3.8, 4) is 0 Å². The van der Waals surface area contributed by atoms with Gasteiger partial charge in [0.2, 0.25) is 0 Å². The maximum absolute atomic E-state index is 3.72. The van der Waals surface area contributed by atoms with Crippen LogP contribution in [0.2, 0.25) is 0 Å². The highest BCUT2D eigenvalue weighted by Gasteiger charge is 2.22. The molecule has 0 saturated heterocycles. The van der Waals surface area contributed by atoms with Crippen LogP contribution in [-0.2, 0) is 5.75 Å². The van der Waals surface area contributed by atoms with Crippen LogP contribution in [0.15, 0.2) is 30.3 Å². The maximum Gasteiger partial charge on any atom is 0.0186 e. The molecule has 0 aliphatic heterocycles. The number of hydrogen-bond donors (Lipinski definition) is 1. The van der Waals surface area contributed by atoms with Gasteiger partial charge in [0, 0.05) is 17.5 Å². The van der Waals surface area contributed by atoms with Crippen LogP contribution in [0.25, 0.3) is 0 Å². The summed E-state index contributed by atoms with van der Waals surface area (Å²) in [7, 11) is 0. The van der Waals surface area contributed by atoms with Gasteiger partial charge in [-0.1, -0.05) is 56.5 Å². The van der Waals surface area contributed by atoms with E-state index in [9.17, 15) is 0 Å². The van der Waals surface area contributed by atoms with Crippen molar-refractivity contribution in [2.75, 3.05) is 12.3 Å². The van der Waals surface area contributed by atoms with Gasteiger partial charge in [-0.3, -0.25) is 0 Å². The predicted molar refractivity (Wildman–Crippen MR) is 86.6 cm³/mol. The van der Waals surface area contributed by atoms with E-state index in [1.54, 1.807) is 0 Å². The van der Waals surface area contributed by atoms with E-state index in [0.29, 0.717) is 0 Å². The smallest absolute Gasteiger partial charge is 0.0186 e. The van der Waals surface area contributed by atoms with E-state index in [1.165, 1.54) is 43.4 Å². The summed E-state index contributed by atoms with van der Waals surface area (Å²) in [6.45, 7) is 3.34. The molecular weight excluding hydrogens is 250 g/mol. The lowest BCUT2D eigenvalue weighted by molar-refractivity contribution is 0.288. The summed E-state index contributed by atoms with van der Waals surface area (Å²) < 4.78 is 0. The van der Waals surface area contributed by atoms with Crippen molar-refractivity contribution in [2.45, 2.75) is 50.8 Å². The van der Waals surface area contributed by atoms with Crippen molar-refractivity contribution in [3.05, 3.63) is 35.9 Å². The molecule has 1 nitrogen and oxygen atoms in total. The zero-order valence-electron chi connectivity index (χ0n) is 12.1. The van der Waals surface area contributed by atoms with Crippen LogP contribution in [0.3, 0.4) is 0 Å². The third-order valence-electron chi connectivity index (χ3n) is 4.09. The molecule has 1 aromatic carbocycles. The second-order valence-corrected chi connectivity index (χ2v) is 6.59. The third-order valence-corrected chi connectivity index (χ3v) is 5.23. The van der Waals surface area contributed by atoms with Crippen LogP contribution in [0.5, 0.6) is 0 Å². The summed E-state index contributed by atoms with van der Waals surface area (Å²) >= 11 is 2.09. The normalized spacial score (nSPS) is 18.4. The lowest BCUT2D eigenvalue weighted by Crippen LogP contribution is -2.39.